The fourth-order valence-electron chi connectivity index (χ4n) is 3.24. The van der Waals surface area contributed by atoms with E-state index in [1.807, 2.05) is 13.8 Å². The number of hydrogen-bond donors (Lipinski definition) is 0. The molecule has 0 aromatic heterocycles. The van der Waals surface area contributed by atoms with Gasteiger partial charge in [-0.1, -0.05) is 13.8 Å². The second-order valence-corrected chi connectivity index (χ2v) is 7.52. The fraction of sp³-hybridized carbons (Fsp3) is 0.474. The Morgan fingerprint density at radius 1 is 1.07 bits per heavy atom. The number of imide groups is 1. The molecule has 0 N–H and O–H groups in total. The van der Waals surface area contributed by atoms with Gasteiger partial charge in [-0.2, -0.15) is 0 Å². The first kappa shape index (κ1) is 21.2. The molecule has 0 aliphatic carbocycles. The van der Waals surface area contributed by atoms with Crippen molar-refractivity contribution in [1.29, 1.82) is 0 Å². The van der Waals surface area contributed by atoms with Crippen LogP contribution in [0.25, 0.3) is 0 Å². The number of benzene rings is 1. The lowest BCUT2D eigenvalue weighted by Gasteiger charge is -2.34. The molecule has 3 rings (SSSR count). The van der Waals surface area contributed by atoms with Gasteiger partial charge < -0.3 is 14.5 Å². The molecule has 0 saturated carbocycles. The van der Waals surface area contributed by atoms with Crippen molar-refractivity contribution < 1.29 is 28.8 Å². The van der Waals surface area contributed by atoms with Gasteiger partial charge in [-0.15, -0.1) is 0 Å². The van der Waals surface area contributed by atoms with Gasteiger partial charge in [0, 0.05) is 38.3 Å². The van der Waals surface area contributed by atoms with Crippen molar-refractivity contribution in [3.05, 3.63) is 39.4 Å². The molecule has 4 amide bonds. The summed E-state index contributed by atoms with van der Waals surface area (Å²) < 4.78 is 5.17. The molecule has 11 nitrogen and oxygen atoms in total. The van der Waals surface area contributed by atoms with E-state index in [2.05, 4.69) is 0 Å². The zero-order valence-electron chi connectivity index (χ0n) is 16.7. The minimum atomic E-state index is -0.733. The van der Waals surface area contributed by atoms with Crippen LogP contribution < -0.4 is 0 Å². The topological polar surface area (TPSA) is 130 Å². The second kappa shape index (κ2) is 8.47. The molecule has 160 valence electrons. The maximum Gasteiger partial charge on any atom is 0.409 e. The highest BCUT2D eigenvalue weighted by Crippen LogP contribution is 2.26. The molecule has 1 fully saturated rings. The third-order valence-corrected chi connectivity index (χ3v) is 4.89. The number of carbonyl (C=O) groups is 4. The van der Waals surface area contributed by atoms with Crippen LogP contribution >= 0.6 is 0 Å². The van der Waals surface area contributed by atoms with Gasteiger partial charge >= 0.3 is 6.09 Å². The highest BCUT2D eigenvalue weighted by molar-refractivity contribution is 6.22. The van der Waals surface area contributed by atoms with E-state index in [0.29, 0.717) is 6.61 Å². The van der Waals surface area contributed by atoms with Crippen molar-refractivity contribution in [1.82, 2.24) is 14.7 Å². The van der Waals surface area contributed by atoms with Crippen molar-refractivity contribution in [3.63, 3.8) is 0 Å². The van der Waals surface area contributed by atoms with Crippen LogP contribution in [0.5, 0.6) is 0 Å². The summed E-state index contributed by atoms with van der Waals surface area (Å²) in [6.45, 7) is 4.80. The predicted octanol–water partition coefficient (Wildman–Crippen LogP) is 1.13. The van der Waals surface area contributed by atoms with E-state index in [1.165, 1.54) is 15.9 Å². The zero-order valence-corrected chi connectivity index (χ0v) is 16.7. The number of rotatable bonds is 5. The number of nitro groups is 1. The Balaban J connectivity index is 1.58. The first-order valence-electron chi connectivity index (χ1n) is 9.53. The average Bonchev–Trinajstić information content (AvgIpc) is 2.96. The van der Waals surface area contributed by atoms with Crippen molar-refractivity contribution >= 4 is 29.5 Å². The molecule has 1 aromatic rings. The number of hydrogen-bond acceptors (Lipinski definition) is 7. The summed E-state index contributed by atoms with van der Waals surface area (Å²) in [5, 5.41) is 10.9. The molecular formula is C19H22N4O7. The molecule has 0 radical (unpaired) electrons. The number of amides is 4. The van der Waals surface area contributed by atoms with E-state index >= 15 is 0 Å². The van der Waals surface area contributed by atoms with Crippen LogP contribution in [0.3, 0.4) is 0 Å². The fourth-order valence-corrected chi connectivity index (χ4v) is 3.24. The first-order valence-corrected chi connectivity index (χ1v) is 9.53. The molecule has 0 unspecified atom stereocenters. The van der Waals surface area contributed by atoms with Crippen LogP contribution in [0.4, 0.5) is 10.5 Å². The number of fused-ring (bicyclic) bond motifs is 1. The summed E-state index contributed by atoms with van der Waals surface area (Å²) >= 11 is 0. The molecule has 0 atom stereocenters. The number of nitrogens with zero attached hydrogens (tertiary/aromatic N) is 4. The summed E-state index contributed by atoms with van der Waals surface area (Å²) in [4.78, 5) is 63.6. The Morgan fingerprint density at radius 2 is 1.67 bits per heavy atom. The van der Waals surface area contributed by atoms with Crippen molar-refractivity contribution in [2.75, 3.05) is 39.3 Å². The molecule has 1 saturated heterocycles. The maximum absolute atomic E-state index is 12.6. The molecule has 2 aliphatic rings. The van der Waals surface area contributed by atoms with Crippen LogP contribution in [-0.2, 0) is 9.53 Å². The number of ether oxygens (including phenoxy) is 1. The van der Waals surface area contributed by atoms with E-state index in [1.54, 1.807) is 0 Å². The lowest BCUT2D eigenvalue weighted by atomic mass is 10.1. The standard InChI is InChI=1S/C19H22N4O7/c1-12(2)11-30-19(27)21-7-5-20(6-8-21)16(24)10-22-17(25)14-4-3-13(23(28)29)9-15(14)18(22)26/h3-4,9,12H,5-8,10-11H2,1-2H3. The molecule has 0 spiro atoms. The van der Waals surface area contributed by atoms with E-state index in [9.17, 15) is 29.3 Å². The lowest BCUT2D eigenvalue weighted by Crippen LogP contribution is -2.53. The Bertz CT molecular complexity index is 906. The predicted molar refractivity (Wildman–Crippen MR) is 103 cm³/mol. The third-order valence-electron chi connectivity index (χ3n) is 4.89. The smallest absolute Gasteiger partial charge is 0.409 e. The highest BCUT2D eigenvalue weighted by Gasteiger charge is 2.39. The summed E-state index contributed by atoms with van der Waals surface area (Å²) in [5.74, 6) is -1.61. The largest absolute Gasteiger partial charge is 0.449 e. The van der Waals surface area contributed by atoms with E-state index < -0.39 is 35.3 Å². The maximum atomic E-state index is 12.6. The summed E-state index contributed by atoms with van der Waals surface area (Å²) in [6, 6.07) is 3.41. The number of non-ortho nitro benzene ring substituents is 1. The summed E-state index contributed by atoms with van der Waals surface area (Å²) in [6.07, 6.45) is -0.433. The van der Waals surface area contributed by atoms with E-state index in [0.717, 1.165) is 17.0 Å². The zero-order chi connectivity index (χ0) is 22.0. The van der Waals surface area contributed by atoms with Crippen LogP contribution in [-0.4, -0.2) is 82.8 Å². The SMILES string of the molecule is CC(C)COC(=O)N1CCN(C(=O)CN2C(=O)c3ccc([N+](=O)[O-])cc3C2=O)CC1. The monoisotopic (exact) mass is 418 g/mol. The molecule has 2 aliphatic heterocycles. The normalized spacial score (nSPS) is 16.2. The van der Waals surface area contributed by atoms with Crippen LogP contribution in [0.1, 0.15) is 34.6 Å². The van der Waals surface area contributed by atoms with Crippen molar-refractivity contribution in [2.24, 2.45) is 5.92 Å². The van der Waals surface area contributed by atoms with Gasteiger partial charge in [0.05, 0.1) is 22.7 Å². The summed E-state index contributed by atoms with van der Waals surface area (Å²) in [7, 11) is 0. The Kier molecular flexibility index (Phi) is 5.99. The van der Waals surface area contributed by atoms with E-state index in [4.69, 9.17) is 4.74 Å². The molecule has 11 heteroatoms. The molecule has 30 heavy (non-hydrogen) atoms. The summed E-state index contributed by atoms with van der Waals surface area (Å²) in [5.41, 5.74) is -0.348. The second-order valence-electron chi connectivity index (χ2n) is 7.52. The Labute approximate surface area is 172 Å². The molecular weight excluding hydrogens is 396 g/mol. The van der Waals surface area contributed by atoms with Gasteiger partial charge in [-0.25, -0.2) is 4.79 Å². The van der Waals surface area contributed by atoms with Gasteiger partial charge in [0.15, 0.2) is 0 Å². The quantitative estimate of drug-likeness (QED) is 0.398. The van der Waals surface area contributed by atoms with Crippen LogP contribution in [0.2, 0.25) is 0 Å². The van der Waals surface area contributed by atoms with Crippen LogP contribution in [0, 0.1) is 16.0 Å². The first-order chi connectivity index (χ1) is 14.2. The number of carbonyl (C=O) groups excluding carboxylic acids is 4. The Hall–Kier alpha value is -3.50. The molecule has 1 aromatic carbocycles. The minimum Gasteiger partial charge on any atom is -0.449 e. The van der Waals surface area contributed by atoms with Gasteiger partial charge in [0.1, 0.15) is 6.54 Å². The van der Waals surface area contributed by atoms with E-state index in [-0.39, 0.29) is 48.9 Å². The van der Waals surface area contributed by atoms with Crippen LogP contribution in [0.15, 0.2) is 18.2 Å². The minimum absolute atomic E-state index is 0.0381. The lowest BCUT2D eigenvalue weighted by molar-refractivity contribution is -0.384. The van der Waals surface area contributed by atoms with Gasteiger partial charge in [0.25, 0.3) is 17.5 Å². The van der Waals surface area contributed by atoms with Crippen molar-refractivity contribution in [2.45, 2.75) is 13.8 Å². The van der Waals surface area contributed by atoms with Gasteiger partial charge in [0.2, 0.25) is 5.91 Å². The Morgan fingerprint density at radius 3 is 2.27 bits per heavy atom. The number of nitro benzene ring substituents is 1. The average molecular weight is 418 g/mol. The van der Waals surface area contributed by atoms with Crippen molar-refractivity contribution in [3.8, 4) is 0 Å². The molecule has 0 bridgehead atoms. The molecule has 2 heterocycles. The number of piperazine rings is 1. The highest BCUT2D eigenvalue weighted by atomic mass is 16.6. The van der Waals surface area contributed by atoms with Gasteiger partial charge in [-0.3, -0.25) is 29.4 Å². The third kappa shape index (κ3) is 4.24. The van der Waals surface area contributed by atoms with Gasteiger partial charge in [-0.05, 0) is 12.0 Å².